The first-order chi connectivity index (χ1) is 8.49. The van der Waals surface area contributed by atoms with Crippen LogP contribution in [0.15, 0.2) is 40.9 Å². The molecule has 2 rings (SSSR count). The molecule has 0 saturated heterocycles. The Bertz CT molecular complexity index is 581. The summed E-state index contributed by atoms with van der Waals surface area (Å²) in [7, 11) is 0. The summed E-state index contributed by atoms with van der Waals surface area (Å²) in [5.74, 6) is -0.269. The van der Waals surface area contributed by atoms with E-state index in [4.69, 9.17) is 11.6 Å². The van der Waals surface area contributed by atoms with Crippen molar-refractivity contribution in [2.75, 3.05) is 0 Å². The molecular formula is C15H13BrClF. The van der Waals surface area contributed by atoms with Crippen molar-refractivity contribution in [3.63, 3.8) is 0 Å². The fourth-order valence-electron chi connectivity index (χ4n) is 1.81. The quantitative estimate of drug-likeness (QED) is 0.636. The van der Waals surface area contributed by atoms with Gasteiger partial charge in [-0.15, -0.1) is 11.6 Å². The number of halogens is 3. The molecule has 1 atom stereocenters. The lowest BCUT2D eigenvalue weighted by molar-refractivity contribution is 0.626. The highest BCUT2D eigenvalue weighted by atomic mass is 79.9. The number of hydrogen-bond acceptors (Lipinski definition) is 0. The molecule has 0 fully saturated rings. The van der Waals surface area contributed by atoms with Crippen LogP contribution in [0.3, 0.4) is 0 Å². The molecule has 0 N–H and O–H groups in total. The molecule has 0 heterocycles. The van der Waals surface area contributed by atoms with Crippen molar-refractivity contribution in [1.29, 1.82) is 0 Å². The van der Waals surface area contributed by atoms with Gasteiger partial charge in [0.05, 0.1) is 5.38 Å². The van der Waals surface area contributed by atoms with E-state index in [-0.39, 0.29) is 11.2 Å². The summed E-state index contributed by atoms with van der Waals surface area (Å²) in [6.45, 7) is 4.12. The van der Waals surface area contributed by atoms with Crippen molar-refractivity contribution in [2.45, 2.75) is 19.2 Å². The van der Waals surface area contributed by atoms with Crippen molar-refractivity contribution < 1.29 is 4.39 Å². The van der Waals surface area contributed by atoms with Crippen LogP contribution in [0, 0.1) is 19.7 Å². The standard InChI is InChI=1S/C15H13BrClF/c1-9-3-4-11(7-10(9)2)15(17)13-6-5-12(18)8-14(13)16/h3-8,15H,1-2H3. The van der Waals surface area contributed by atoms with Crippen LogP contribution in [0.1, 0.15) is 27.6 Å². The summed E-state index contributed by atoms with van der Waals surface area (Å²) >= 11 is 9.81. The maximum Gasteiger partial charge on any atom is 0.124 e. The van der Waals surface area contributed by atoms with E-state index in [9.17, 15) is 4.39 Å². The Morgan fingerprint density at radius 2 is 1.78 bits per heavy atom. The summed E-state index contributed by atoms with van der Waals surface area (Å²) < 4.78 is 13.8. The van der Waals surface area contributed by atoms with Crippen molar-refractivity contribution in [1.82, 2.24) is 0 Å². The minimum atomic E-state index is -0.278. The van der Waals surface area contributed by atoms with Crippen LogP contribution in [0.25, 0.3) is 0 Å². The molecule has 0 aliphatic rings. The number of benzene rings is 2. The molecule has 0 aliphatic heterocycles. The summed E-state index contributed by atoms with van der Waals surface area (Å²) in [5, 5.41) is -0.278. The third-order valence-electron chi connectivity index (χ3n) is 3.06. The van der Waals surface area contributed by atoms with Gasteiger partial charge < -0.3 is 0 Å². The lowest BCUT2D eigenvalue weighted by Gasteiger charge is -2.14. The third-order valence-corrected chi connectivity index (χ3v) is 4.23. The van der Waals surface area contributed by atoms with Crippen LogP contribution in [-0.4, -0.2) is 0 Å². The predicted octanol–water partition coefficient (Wildman–Crippen LogP) is 5.53. The number of rotatable bonds is 2. The topological polar surface area (TPSA) is 0 Å². The van der Waals surface area contributed by atoms with Gasteiger partial charge in [-0.2, -0.15) is 0 Å². The Hall–Kier alpha value is -0.860. The van der Waals surface area contributed by atoms with E-state index < -0.39 is 0 Å². The Kier molecular flexibility index (Phi) is 4.08. The van der Waals surface area contributed by atoms with Gasteiger partial charge in [0.1, 0.15) is 5.82 Å². The van der Waals surface area contributed by atoms with Crippen LogP contribution in [0.5, 0.6) is 0 Å². The van der Waals surface area contributed by atoms with Gasteiger partial charge in [-0.05, 0) is 48.2 Å². The molecule has 2 aromatic rings. The highest BCUT2D eigenvalue weighted by Crippen LogP contribution is 2.34. The van der Waals surface area contributed by atoms with E-state index in [1.165, 1.54) is 23.3 Å². The molecule has 2 aromatic carbocycles. The minimum absolute atomic E-state index is 0.269. The number of aryl methyl sites for hydroxylation is 2. The molecule has 0 bridgehead atoms. The first-order valence-electron chi connectivity index (χ1n) is 5.65. The summed E-state index contributed by atoms with van der Waals surface area (Å²) in [6.07, 6.45) is 0. The van der Waals surface area contributed by atoms with Gasteiger partial charge in [-0.1, -0.05) is 40.2 Å². The van der Waals surface area contributed by atoms with Gasteiger partial charge in [-0.25, -0.2) is 4.39 Å². The highest BCUT2D eigenvalue weighted by molar-refractivity contribution is 9.10. The zero-order valence-electron chi connectivity index (χ0n) is 10.2. The molecule has 0 nitrogen and oxygen atoms in total. The van der Waals surface area contributed by atoms with Crippen molar-refractivity contribution in [3.8, 4) is 0 Å². The molecule has 18 heavy (non-hydrogen) atoms. The van der Waals surface area contributed by atoms with Crippen LogP contribution < -0.4 is 0 Å². The van der Waals surface area contributed by atoms with Crippen molar-refractivity contribution in [2.24, 2.45) is 0 Å². The third kappa shape index (κ3) is 2.76. The molecule has 0 aromatic heterocycles. The fourth-order valence-corrected chi connectivity index (χ4v) is 2.85. The summed E-state index contributed by atoms with van der Waals surface area (Å²) in [5.41, 5.74) is 4.34. The van der Waals surface area contributed by atoms with Crippen molar-refractivity contribution >= 4 is 27.5 Å². The van der Waals surface area contributed by atoms with E-state index in [1.807, 2.05) is 6.07 Å². The van der Waals surface area contributed by atoms with Gasteiger partial charge in [0.2, 0.25) is 0 Å². The van der Waals surface area contributed by atoms with E-state index >= 15 is 0 Å². The molecule has 0 radical (unpaired) electrons. The van der Waals surface area contributed by atoms with E-state index in [2.05, 4.69) is 41.9 Å². The Morgan fingerprint density at radius 1 is 1.06 bits per heavy atom. The molecule has 0 saturated carbocycles. The monoisotopic (exact) mass is 326 g/mol. The van der Waals surface area contributed by atoms with Gasteiger partial charge >= 0.3 is 0 Å². The SMILES string of the molecule is Cc1ccc(C(Cl)c2ccc(F)cc2Br)cc1C. The van der Waals surface area contributed by atoms with Crippen molar-refractivity contribution in [3.05, 3.63) is 68.9 Å². The maximum atomic E-state index is 13.1. The lowest BCUT2D eigenvalue weighted by Crippen LogP contribution is -1.96. The number of alkyl halides is 1. The zero-order chi connectivity index (χ0) is 13.3. The summed E-state index contributed by atoms with van der Waals surface area (Å²) in [4.78, 5) is 0. The smallest absolute Gasteiger partial charge is 0.124 e. The van der Waals surface area contributed by atoms with Gasteiger partial charge in [0.15, 0.2) is 0 Å². The Labute approximate surface area is 120 Å². The molecule has 94 valence electrons. The van der Waals surface area contributed by atoms with Gasteiger partial charge in [0.25, 0.3) is 0 Å². The molecular weight excluding hydrogens is 315 g/mol. The molecule has 0 spiro atoms. The van der Waals surface area contributed by atoms with Crippen LogP contribution in [0.2, 0.25) is 0 Å². The number of hydrogen-bond donors (Lipinski definition) is 0. The first-order valence-corrected chi connectivity index (χ1v) is 6.88. The van der Waals surface area contributed by atoms with E-state index in [0.29, 0.717) is 4.47 Å². The normalized spacial score (nSPS) is 12.5. The zero-order valence-corrected chi connectivity index (χ0v) is 12.5. The molecule has 0 amide bonds. The molecule has 0 aliphatic carbocycles. The Balaban J connectivity index is 2.41. The largest absolute Gasteiger partial charge is 0.207 e. The second-order valence-electron chi connectivity index (χ2n) is 4.37. The second-order valence-corrected chi connectivity index (χ2v) is 5.66. The average molecular weight is 328 g/mol. The predicted molar refractivity (Wildman–Crippen MR) is 77.7 cm³/mol. The maximum absolute atomic E-state index is 13.1. The average Bonchev–Trinajstić information content (AvgIpc) is 2.32. The van der Waals surface area contributed by atoms with E-state index in [1.54, 1.807) is 6.07 Å². The molecule has 1 unspecified atom stereocenters. The van der Waals surface area contributed by atoms with E-state index in [0.717, 1.165) is 11.1 Å². The van der Waals surface area contributed by atoms with Crippen LogP contribution >= 0.6 is 27.5 Å². The Morgan fingerprint density at radius 3 is 2.39 bits per heavy atom. The highest BCUT2D eigenvalue weighted by Gasteiger charge is 2.14. The fraction of sp³-hybridized carbons (Fsp3) is 0.200. The second kappa shape index (κ2) is 5.41. The van der Waals surface area contributed by atoms with Crippen LogP contribution in [0.4, 0.5) is 4.39 Å². The lowest BCUT2D eigenvalue weighted by atomic mass is 10.00. The van der Waals surface area contributed by atoms with Crippen LogP contribution in [-0.2, 0) is 0 Å². The first kappa shape index (κ1) is 13.6. The summed E-state index contributed by atoms with van der Waals surface area (Å²) in [6, 6.07) is 10.7. The minimum Gasteiger partial charge on any atom is -0.207 e. The van der Waals surface area contributed by atoms with Gasteiger partial charge in [0, 0.05) is 4.47 Å². The van der Waals surface area contributed by atoms with Gasteiger partial charge in [-0.3, -0.25) is 0 Å². The molecule has 3 heteroatoms.